The van der Waals surface area contributed by atoms with E-state index in [2.05, 4.69) is 20.9 Å². The Morgan fingerprint density at radius 3 is 2.64 bits per heavy atom. The first-order valence-corrected chi connectivity index (χ1v) is 14.4. The molecule has 0 aliphatic carbocycles. The van der Waals surface area contributed by atoms with Gasteiger partial charge in [-0.3, -0.25) is 0 Å². The average Bonchev–Trinajstić information content (AvgIpc) is 2.10. The van der Waals surface area contributed by atoms with Gasteiger partial charge in [0.2, 0.25) is 0 Å². The fraction of sp³-hybridized carbons (Fsp3) is 0.778. The second-order valence-corrected chi connectivity index (χ2v) is 18.8. The molecule has 1 aliphatic rings. The standard InChI is InChI=1S/C6H9O.3CH3.Sn/c1-2-4-6-7-5-3-1;;;;/h1H,3-6H2;3*1H3;. The summed E-state index contributed by atoms with van der Waals surface area (Å²) in [7, 11) is 0. The molecule has 0 fully saturated rings. The molecule has 0 saturated carbocycles. The molecule has 0 spiro atoms. The summed E-state index contributed by atoms with van der Waals surface area (Å²) in [6.07, 6.45) is 4.78. The molecule has 0 bridgehead atoms. The Morgan fingerprint density at radius 1 is 1.27 bits per heavy atom. The second-order valence-electron chi connectivity index (χ2n) is 4.13. The molecule has 0 aromatic rings. The van der Waals surface area contributed by atoms with Crippen molar-refractivity contribution in [3.63, 3.8) is 0 Å². The SMILES string of the molecule is [CH3][Sn]([CH3])([CH3])[C]1=CCCOCC1. The van der Waals surface area contributed by atoms with Crippen LogP contribution >= 0.6 is 0 Å². The van der Waals surface area contributed by atoms with E-state index in [0.29, 0.717) is 0 Å². The zero-order valence-electron chi connectivity index (χ0n) is 7.81. The molecule has 64 valence electrons. The molecule has 0 saturated heterocycles. The predicted molar refractivity (Wildman–Crippen MR) is 51.5 cm³/mol. The molecule has 0 unspecified atom stereocenters. The normalized spacial score (nSPS) is 20.8. The van der Waals surface area contributed by atoms with Crippen LogP contribution in [0.3, 0.4) is 0 Å². The molecule has 0 amide bonds. The van der Waals surface area contributed by atoms with Crippen molar-refractivity contribution in [1.29, 1.82) is 0 Å². The zero-order valence-corrected chi connectivity index (χ0v) is 10.7. The molecule has 0 aromatic heterocycles. The summed E-state index contributed by atoms with van der Waals surface area (Å²) in [4.78, 5) is 7.43. The molecule has 0 radical (unpaired) electrons. The van der Waals surface area contributed by atoms with Gasteiger partial charge in [0.25, 0.3) is 0 Å². The van der Waals surface area contributed by atoms with Crippen molar-refractivity contribution in [3.05, 3.63) is 9.67 Å². The third-order valence-electron chi connectivity index (χ3n) is 2.13. The first-order valence-electron chi connectivity index (χ1n) is 4.38. The van der Waals surface area contributed by atoms with Crippen LogP contribution in [0.15, 0.2) is 9.67 Å². The Hall–Kier alpha value is 0.499. The van der Waals surface area contributed by atoms with Crippen molar-refractivity contribution < 1.29 is 4.74 Å². The van der Waals surface area contributed by atoms with Crippen molar-refractivity contribution in [1.82, 2.24) is 0 Å². The molecule has 0 aromatic carbocycles. The first-order chi connectivity index (χ1) is 5.11. The van der Waals surface area contributed by atoms with Crippen LogP contribution in [0.4, 0.5) is 0 Å². The van der Waals surface area contributed by atoms with E-state index in [9.17, 15) is 0 Å². The van der Waals surface area contributed by atoms with E-state index in [1.165, 1.54) is 6.42 Å². The van der Waals surface area contributed by atoms with Crippen molar-refractivity contribution in [3.8, 4) is 0 Å². The van der Waals surface area contributed by atoms with E-state index in [1.807, 2.05) is 0 Å². The van der Waals surface area contributed by atoms with E-state index in [1.54, 1.807) is 3.59 Å². The van der Waals surface area contributed by atoms with E-state index >= 15 is 0 Å². The Kier molecular flexibility index (Phi) is 3.44. The van der Waals surface area contributed by atoms with Crippen LogP contribution in [0, 0.1) is 0 Å². The maximum absolute atomic E-state index is 5.40. The van der Waals surface area contributed by atoms with E-state index in [0.717, 1.165) is 19.6 Å². The summed E-state index contributed by atoms with van der Waals surface area (Å²) in [5.74, 6) is 0. The van der Waals surface area contributed by atoms with Gasteiger partial charge in [-0.2, -0.15) is 0 Å². The first kappa shape index (κ1) is 9.59. The summed E-state index contributed by atoms with van der Waals surface area (Å²) in [5.41, 5.74) is 0. The van der Waals surface area contributed by atoms with Crippen LogP contribution in [0.5, 0.6) is 0 Å². The molecule has 0 atom stereocenters. The fourth-order valence-electron chi connectivity index (χ4n) is 1.38. The molecule has 1 heterocycles. The Labute approximate surface area is 73.7 Å². The van der Waals surface area contributed by atoms with Crippen LogP contribution in [0.1, 0.15) is 12.8 Å². The molecule has 1 rings (SSSR count). The van der Waals surface area contributed by atoms with Crippen molar-refractivity contribution >= 4 is 18.4 Å². The van der Waals surface area contributed by atoms with Gasteiger partial charge in [0.15, 0.2) is 0 Å². The van der Waals surface area contributed by atoms with E-state index in [-0.39, 0.29) is 0 Å². The fourth-order valence-corrected chi connectivity index (χ4v) is 5.98. The van der Waals surface area contributed by atoms with Gasteiger partial charge in [-0.15, -0.1) is 0 Å². The van der Waals surface area contributed by atoms with Gasteiger partial charge in [0.1, 0.15) is 0 Å². The summed E-state index contributed by atoms with van der Waals surface area (Å²) in [5, 5.41) is 0. The Balaban J connectivity index is 2.61. The van der Waals surface area contributed by atoms with Gasteiger partial charge >= 0.3 is 73.7 Å². The minimum atomic E-state index is -1.70. The maximum atomic E-state index is 5.40. The minimum absolute atomic E-state index is 0.936. The van der Waals surface area contributed by atoms with Crippen LogP contribution in [-0.2, 0) is 4.74 Å². The number of rotatable bonds is 1. The van der Waals surface area contributed by atoms with Gasteiger partial charge in [-0.05, 0) is 0 Å². The number of hydrogen-bond donors (Lipinski definition) is 0. The molecule has 0 N–H and O–H groups in total. The number of ether oxygens (including phenoxy) is 1. The van der Waals surface area contributed by atoms with Gasteiger partial charge in [-0.25, -0.2) is 0 Å². The molecular formula is C9H18OSn. The Morgan fingerprint density at radius 2 is 2.00 bits per heavy atom. The molecule has 1 nitrogen and oxygen atoms in total. The van der Waals surface area contributed by atoms with Gasteiger partial charge in [0, 0.05) is 0 Å². The van der Waals surface area contributed by atoms with Crippen LogP contribution in [-0.4, -0.2) is 31.6 Å². The topological polar surface area (TPSA) is 9.23 Å². The van der Waals surface area contributed by atoms with Crippen LogP contribution in [0.2, 0.25) is 14.8 Å². The summed E-state index contributed by atoms with van der Waals surface area (Å²) < 4.78 is 7.16. The van der Waals surface area contributed by atoms with E-state index < -0.39 is 18.4 Å². The van der Waals surface area contributed by atoms with Gasteiger partial charge in [0.05, 0.1) is 0 Å². The van der Waals surface area contributed by atoms with Crippen molar-refractivity contribution in [2.75, 3.05) is 13.2 Å². The quantitative estimate of drug-likeness (QED) is 0.659. The monoisotopic (exact) mass is 262 g/mol. The third kappa shape index (κ3) is 3.16. The molecule has 1 aliphatic heterocycles. The molecule has 11 heavy (non-hydrogen) atoms. The number of hydrogen-bond acceptors (Lipinski definition) is 1. The summed E-state index contributed by atoms with van der Waals surface area (Å²) in [6.45, 7) is 1.89. The van der Waals surface area contributed by atoms with E-state index in [4.69, 9.17) is 4.74 Å². The van der Waals surface area contributed by atoms with Crippen LogP contribution < -0.4 is 0 Å². The van der Waals surface area contributed by atoms with Gasteiger partial charge in [-0.1, -0.05) is 0 Å². The zero-order chi connectivity index (χ0) is 8.32. The third-order valence-corrected chi connectivity index (χ3v) is 8.93. The van der Waals surface area contributed by atoms with Crippen molar-refractivity contribution in [2.45, 2.75) is 27.7 Å². The molecular weight excluding hydrogens is 243 g/mol. The summed E-state index contributed by atoms with van der Waals surface area (Å²) in [6, 6.07) is 0. The summed E-state index contributed by atoms with van der Waals surface area (Å²) >= 11 is -1.70. The second kappa shape index (κ2) is 3.94. The van der Waals surface area contributed by atoms with Crippen molar-refractivity contribution in [2.24, 2.45) is 0 Å². The molecule has 2 heteroatoms. The van der Waals surface area contributed by atoms with Gasteiger partial charge < -0.3 is 0 Å². The Bertz CT molecular complexity index is 155. The predicted octanol–water partition coefficient (Wildman–Crippen LogP) is 2.60. The van der Waals surface area contributed by atoms with Crippen LogP contribution in [0.25, 0.3) is 0 Å². The average molecular weight is 261 g/mol.